The SMILES string of the molecule is COC1CC(C(=O)OCC2OC(OCC3OC(OC4CC5C(O)CC(O)CC5[OH+]C4C4CCC(O)C(O)C4)C(OC4OCC(O)C(O)C4O)C(O)C3O)C(O)C(O)C2O)CC(OC)C1OC. The minimum atomic E-state index is -1.91. The van der Waals surface area contributed by atoms with Crippen LogP contribution in [0.2, 0.25) is 0 Å². The van der Waals surface area contributed by atoms with E-state index >= 15 is 0 Å². The molecular weight excluding hydrogens is 888 g/mol. The Bertz CT molecular complexity index is 1520. The third kappa shape index (κ3) is 11.4. The Morgan fingerprint density at radius 2 is 1.21 bits per heavy atom. The molecule has 7 aliphatic rings. The fourth-order valence-electron chi connectivity index (χ4n) is 10.8. The summed E-state index contributed by atoms with van der Waals surface area (Å²) >= 11 is 0. The van der Waals surface area contributed by atoms with Crippen LogP contribution in [-0.4, -0.2) is 260 Å². The number of esters is 1. The first kappa shape index (κ1) is 52.4. The molecular formula is C42H71O24+. The normalized spacial score (nSPS) is 51.5. The van der Waals surface area contributed by atoms with Crippen molar-refractivity contribution in [2.45, 2.75) is 198 Å². The highest BCUT2D eigenvalue weighted by Crippen LogP contribution is 2.43. The molecule has 4 saturated heterocycles. The minimum Gasteiger partial charge on any atom is -0.463 e. The van der Waals surface area contributed by atoms with Crippen molar-refractivity contribution in [1.82, 2.24) is 0 Å². The van der Waals surface area contributed by atoms with Crippen LogP contribution in [0.3, 0.4) is 0 Å². The molecule has 0 aromatic heterocycles. The van der Waals surface area contributed by atoms with Gasteiger partial charge in [0.05, 0.1) is 61.7 Å². The smallest absolute Gasteiger partial charge is 0.309 e. The van der Waals surface area contributed by atoms with E-state index in [0.717, 1.165) is 0 Å². The highest BCUT2D eigenvalue weighted by atomic mass is 16.8. The van der Waals surface area contributed by atoms with Gasteiger partial charge in [0.1, 0.15) is 86.0 Å². The van der Waals surface area contributed by atoms with Gasteiger partial charge in [-0.25, -0.2) is 0 Å². The van der Waals surface area contributed by atoms with Gasteiger partial charge in [0.2, 0.25) is 0 Å². The Hall–Kier alpha value is -1.41. The van der Waals surface area contributed by atoms with Crippen molar-refractivity contribution >= 4 is 5.97 Å². The molecule has 4 heterocycles. The van der Waals surface area contributed by atoms with E-state index in [9.17, 15) is 66.1 Å². The summed E-state index contributed by atoms with van der Waals surface area (Å²) in [4.78, 5) is 13.3. The number of hydrogen-bond donors (Lipinski definition) is 12. The van der Waals surface area contributed by atoms with Crippen LogP contribution in [-0.2, 0) is 52.2 Å². The molecule has 25 atom stereocenters. The van der Waals surface area contributed by atoms with Crippen molar-refractivity contribution in [3.05, 3.63) is 0 Å². The molecule has 0 spiro atoms. The molecule has 24 nitrogen and oxygen atoms in total. The second kappa shape index (κ2) is 22.8. The molecule has 13 N–H and O–H groups in total. The molecule has 0 aromatic rings. The zero-order chi connectivity index (χ0) is 47.7. The molecule has 7 fully saturated rings. The second-order valence-corrected chi connectivity index (χ2v) is 19.0. The fraction of sp³-hybridized carbons (Fsp3) is 0.976. The Kier molecular flexibility index (Phi) is 18.1. The number of carbonyl (C=O) groups is 1. The van der Waals surface area contributed by atoms with E-state index in [1.807, 2.05) is 0 Å². The van der Waals surface area contributed by atoms with Crippen molar-refractivity contribution in [3.63, 3.8) is 0 Å². The van der Waals surface area contributed by atoms with E-state index in [1.165, 1.54) is 21.3 Å². The minimum absolute atomic E-state index is 0.0903. The number of fused-ring (bicyclic) bond motifs is 1. The number of hydrogen-bond acceptors (Lipinski definition) is 23. The summed E-state index contributed by atoms with van der Waals surface area (Å²) in [5.74, 6) is -2.18. The Morgan fingerprint density at radius 3 is 1.88 bits per heavy atom. The van der Waals surface area contributed by atoms with Crippen LogP contribution in [0.15, 0.2) is 0 Å². The molecule has 382 valence electrons. The Morgan fingerprint density at radius 1 is 0.561 bits per heavy atom. The maximum absolute atomic E-state index is 13.3. The molecule has 0 amide bonds. The predicted octanol–water partition coefficient (Wildman–Crippen LogP) is -6.21. The third-order valence-corrected chi connectivity index (χ3v) is 14.7. The lowest BCUT2D eigenvalue weighted by atomic mass is 9.72. The molecule has 3 aliphatic carbocycles. The van der Waals surface area contributed by atoms with Gasteiger partial charge in [-0.15, -0.1) is 0 Å². The first-order valence-corrected chi connectivity index (χ1v) is 22.9. The van der Waals surface area contributed by atoms with Crippen molar-refractivity contribution in [3.8, 4) is 0 Å². The first-order valence-electron chi connectivity index (χ1n) is 22.9. The van der Waals surface area contributed by atoms with E-state index in [0.29, 0.717) is 6.42 Å². The molecule has 24 heteroatoms. The van der Waals surface area contributed by atoms with Crippen LogP contribution in [0.4, 0.5) is 0 Å². The molecule has 0 bridgehead atoms. The van der Waals surface area contributed by atoms with E-state index < -0.39 is 185 Å². The summed E-state index contributed by atoms with van der Waals surface area (Å²) in [6, 6.07) is 0. The van der Waals surface area contributed by atoms with Crippen LogP contribution < -0.4 is 0 Å². The average Bonchev–Trinajstić information content (AvgIpc) is 3.30. The highest BCUT2D eigenvalue weighted by molar-refractivity contribution is 5.72. The molecule has 3 saturated carbocycles. The predicted molar refractivity (Wildman–Crippen MR) is 215 cm³/mol. The van der Waals surface area contributed by atoms with Gasteiger partial charge in [-0.3, -0.25) is 4.79 Å². The summed E-state index contributed by atoms with van der Waals surface area (Å²) < 4.78 is 63.0. The number of ether oxygens (including phenoxy) is 11. The number of rotatable bonds is 14. The summed E-state index contributed by atoms with van der Waals surface area (Å²) in [6.45, 7) is -1.70. The van der Waals surface area contributed by atoms with Crippen LogP contribution in [0, 0.1) is 17.8 Å². The van der Waals surface area contributed by atoms with E-state index in [1.54, 1.807) is 0 Å². The largest absolute Gasteiger partial charge is 0.463 e. The first-order chi connectivity index (χ1) is 31.4. The summed E-state index contributed by atoms with van der Waals surface area (Å²) in [6.07, 6.45) is -29.3. The van der Waals surface area contributed by atoms with E-state index in [-0.39, 0.29) is 50.9 Å². The van der Waals surface area contributed by atoms with E-state index in [2.05, 4.69) is 0 Å². The quantitative estimate of drug-likeness (QED) is 0.0569. The average molecular weight is 960 g/mol. The fourth-order valence-corrected chi connectivity index (χ4v) is 10.8. The van der Waals surface area contributed by atoms with Crippen LogP contribution in [0.25, 0.3) is 0 Å². The lowest BCUT2D eigenvalue weighted by molar-refractivity contribution is -0.385. The maximum atomic E-state index is 13.3. The maximum Gasteiger partial charge on any atom is 0.309 e. The summed E-state index contributed by atoms with van der Waals surface area (Å²) in [5.41, 5.74) is 0. The van der Waals surface area contributed by atoms with E-state index in [4.69, 9.17) is 52.1 Å². The van der Waals surface area contributed by atoms with Crippen molar-refractivity contribution in [2.75, 3.05) is 41.2 Å². The van der Waals surface area contributed by atoms with Gasteiger partial charge in [-0.1, -0.05) is 0 Å². The Balaban J connectivity index is 1.06. The zero-order valence-electron chi connectivity index (χ0n) is 37.2. The van der Waals surface area contributed by atoms with Gasteiger partial charge < -0.3 is 113 Å². The topological polar surface area (TPSA) is 365 Å². The monoisotopic (exact) mass is 959 g/mol. The lowest BCUT2D eigenvalue weighted by Crippen LogP contribution is -2.65. The highest BCUT2D eigenvalue weighted by Gasteiger charge is 2.57. The van der Waals surface area contributed by atoms with Crippen molar-refractivity contribution in [2.24, 2.45) is 17.8 Å². The molecule has 0 radical (unpaired) electrons. The lowest BCUT2D eigenvalue weighted by Gasteiger charge is -2.49. The van der Waals surface area contributed by atoms with Crippen LogP contribution in [0.1, 0.15) is 51.4 Å². The van der Waals surface area contributed by atoms with Gasteiger partial charge in [0.25, 0.3) is 0 Å². The van der Waals surface area contributed by atoms with Gasteiger partial charge in [-0.2, -0.15) is 0 Å². The third-order valence-electron chi connectivity index (χ3n) is 14.7. The molecule has 66 heavy (non-hydrogen) atoms. The Labute approximate surface area is 381 Å². The number of aliphatic hydroxyl groups excluding tert-OH is 12. The number of methoxy groups -OCH3 is 3. The molecule has 7 rings (SSSR count). The van der Waals surface area contributed by atoms with Crippen molar-refractivity contribution < 1.29 is 118 Å². The van der Waals surface area contributed by atoms with Crippen molar-refractivity contribution in [1.29, 1.82) is 0 Å². The summed E-state index contributed by atoms with van der Waals surface area (Å²) in [7, 11) is 4.47. The standard InChI is InChI=1S/C42H70O24/c1-56-24-7-16(8-25(57-2)37(24)58-3)39(55)59-13-27-30(49)32(51)35(54)40(64-27)61-14-28-31(50)33(52)38(66-41-34(53)29(48)22(47)12-60-41)42(65-28)63-26-11-18-20(45)9-17(43)10-23(18)62-36(26)15-4-5-19(44)21(46)6-15/h15-38,40-54H,4-14H2,1-3H3/p+1. The summed E-state index contributed by atoms with van der Waals surface area (Å²) in [5, 5.41) is 130. The van der Waals surface area contributed by atoms with Gasteiger partial charge in [0.15, 0.2) is 31.1 Å². The van der Waals surface area contributed by atoms with Gasteiger partial charge in [0, 0.05) is 40.1 Å². The molecule has 25 unspecified atom stereocenters. The molecule has 0 aromatic carbocycles. The van der Waals surface area contributed by atoms with Gasteiger partial charge >= 0.3 is 5.97 Å². The number of aliphatic hydroxyl groups is 14. The molecule has 4 aliphatic heterocycles. The van der Waals surface area contributed by atoms with Gasteiger partial charge in [-0.05, 0) is 38.5 Å². The zero-order valence-corrected chi connectivity index (χ0v) is 37.2. The van der Waals surface area contributed by atoms with Crippen LogP contribution >= 0.6 is 0 Å². The second-order valence-electron chi connectivity index (χ2n) is 19.0. The van der Waals surface area contributed by atoms with Crippen LogP contribution in [0.5, 0.6) is 0 Å². The number of carbonyl (C=O) groups excluding carboxylic acids is 1.